The number of methoxy groups -OCH3 is 1. The molecule has 0 aromatic heterocycles. The standard InChI is InChI=1S/C15H25N3O2S/c1-5-12(10-21-4)18(2)9-15(19)17-13-8-11(16)6-7-14(13)20-3/h6-8,12H,5,9-10,16H2,1-4H3,(H,17,19). The van der Waals surface area contributed by atoms with E-state index in [4.69, 9.17) is 10.5 Å². The average Bonchev–Trinajstić information content (AvgIpc) is 2.44. The van der Waals surface area contributed by atoms with E-state index in [1.54, 1.807) is 37.1 Å². The van der Waals surface area contributed by atoms with Crippen molar-refractivity contribution < 1.29 is 9.53 Å². The van der Waals surface area contributed by atoms with E-state index in [9.17, 15) is 4.79 Å². The van der Waals surface area contributed by atoms with Crippen molar-refractivity contribution in [3.05, 3.63) is 18.2 Å². The number of amides is 1. The number of nitrogens with zero attached hydrogens (tertiary/aromatic N) is 1. The number of thioether (sulfide) groups is 1. The predicted molar refractivity (Wildman–Crippen MR) is 91.1 cm³/mol. The third-order valence-corrected chi connectivity index (χ3v) is 4.06. The minimum atomic E-state index is -0.0686. The zero-order chi connectivity index (χ0) is 15.8. The van der Waals surface area contributed by atoms with E-state index in [1.165, 1.54) is 0 Å². The molecule has 3 N–H and O–H groups in total. The minimum absolute atomic E-state index is 0.0686. The highest BCUT2D eigenvalue weighted by molar-refractivity contribution is 7.98. The number of carbonyl (C=O) groups is 1. The predicted octanol–water partition coefficient (Wildman–Crippen LogP) is 2.29. The lowest BCUT2D eigenvalue weighted by Gasteiger charge is -2.26. The summed E-state index contributed by atoms with van der Waals surface area (Å²) in [6.07, 6.45) is 3.10. The first-order valence-electron chi connectivity index (χ1n) is 6.94. The van der Waals surface area contributed by atoms with Gasteiger partial charge in [0.05, 0.1) is 19.3 Å². The van der Waals surface area contributed by atoms with Gasteiger partial charge in [0.25, 0.3) is 0 Å². The van der Waals surface area contributed by atoms with Gasteiger partial charge < -0.3 is 15.8 Å². The fraction of sp³-hybridized carbons (Fsp3) is 0.533. The average molecular weight is 311 g/mol. The second-order valence-electron chi connectivity index (χ2n) is 4.94. The third-order valence-electron chi connectivity index (χ3n) is 3.34. The maximum atomic E-state index is 12.2. The summed E-state index contributed by atoms with van der Waals surface area (Å²) in [6.45, 7) is 2.48. The summed E-state index contributed by atoms with van der Waals surface area (Å²) in [5, 5.41) is 2.86. The minimum Gasteiger partial charge on any atom is -0.495 e. The molecule has 5 nitrogen and oxygen atoms in total. The summed E-state index contributed by atoms with van der Waals surface area (Å²) in [6, 6.07) is 5.59. The van der Waals surface area contributed by atoms with Gasteiger partial charge in [0, 0.05) is 17.5 Å². The van der Waals surface area contributed by atoms with Crippen molar-refractivity contribution in [2.24, 2.45) is 0 Å². The Bertz CT molecular complexity index is 468. The highest BCUT2D eigenvalue weighted by Gasteiger charge is 2.16. The van der Waals surface area contributed by atoms with Crippen molar-refractivity contribution in [2.45, 2.75) is 19.4 Å². The van der Waals surface area contributed by atoms with Crippen LogP contribution in [0.3, 0.4) is 0 Å². The van der Waals surface area contributed by atoms with Gasteiger partial charge in [-0.3, -0.25) is 9.69 Å². The zero-order valence-electron chi connectivity index (χ0n) is 13.2. The molecule has 21 heavy (non-hydrogen) atoms. The van der Waals surface area contributed by atoms with Crippen LogP contribution in [0.5, 0.6) is 5.75 Å². The quantitative estimate of drug-likeness (QED) is 0.721. The molecule has 0 aliphatic rings. The zero-order valence-corrected chi connectivity index (χ0v) is 14.0. The van der Waals surface area contributed by atoms with Crippen LogP contribution < -0.4 is 15.8 Å². The van der Waals surface area contributed by atoms with E-state index in [2.05, 4.69) is 23.4 Å². The molecule has 1 aromatic carbocycles. The van der Waals surface area contributed by atoms with Crippen molar-refractivity contribution in [3.8, 4) is 5.75 Å². The van der Waals surface area contributed by atoms with Crippen LogP contribution in [0.4, 0.5) is 11.4 Å². The summed E-state index contributed by atoms with van der Waals surface area (Å²) in [7, 11) is 3.54. The van der Waals surface area contributed by atoms with E-state index >= 15 is 0 Å². The molecule has 0 saturated heterocycles. The number of likely N-dealkylation sites (N-methyl/N-ethyl adjacent to an activating group) is 1. The monoisotopic (exact) mass is 311 g/mol. The number of anilines is 2. The van der Waals surface area contributed by atoms with E-state index in [0.29, 0.717) is 29.7 Å². The number of carbonyl (C=O) groups excluding carboxylic acids is 1. The van der Waals surface area contributed by atoms with E-state index < -0.39 is 0 Å². The number of nitrogens with one attached hydrogen (secondary N) is 1. The van der Waals surface area contributed by atoms with Gasteiger partial charge in [0.1, 0.15) is 5.75 Å². The number of benzene rings is 1. The molecule has 0 saturated carbocycles. The number of nitrogen functional groups attached to an aromatic ring is 1. The molecule has 1 atom stereocenters. The fourth-order valence-electron chi connectivity index (χ4n) is 2.12. The molecule has 0 aliphatic carbocycles. The molecule has 1 unspecified atom stereocenters. The Hall–Kier alpha value is -1.40. The maximum Gasteiger partial charge on any atom is 0.238 e. The Labute approximate surface area is 131 Å². The van der Waals surface area contributed by atoms with E-state index in [-0.39, 0.29) is 5.91 Å². The van der Waals surface area contributed by atoms with Crippen LogP contribution in [0.25, 0.3) is 0 Å². The molecular weight excluding hydrogens is 286 g/mol. The van der Waals surface area contributed by atoms with E-state index in [0.717, 1.165) is 12.2 Å². The number of ether oxygens (including phenoxy) is 1. The summed E-state index contributed by atoms with van der Waals surface area (Å²) >= 11 is 1.79. The van der Waals surface area contributed by atoms with Gasteiger partial charge in [0.2, 0.25) is 5.91 Å². The van der Waals surface area contributed by atoms with Gasteiger partial charge in [-0.15, -0.1) is 0 Å². The number of hydrogen-bond acceptors (Lipinski definition) is 5. The lowest BCUT2D eigenvalue weighted by atomic mass is 10.2. The molecular formula is C15H25N3O2S. The first-order chi connectivity index (χ1) is 10.0. The first-order valence-corrected chi connectivity index (χ1v) is 8.33. The van der Waals surface area contributed by atoms with Gasteiger partial charge in [-0.1, -0.05) is 6.92 Å². The number of nitrogens with two attached hydrogens (primary N) is 1. The summed E-state index contributed by atoms with van der Waals surface area (Å²) in [5.74, 6) is 1.55. The summed E-state index contributed by atoms with van der Waals surface area (Å²) in [4.78, 5) is 14.2. The van der Waals surface area contributed by atoms with Gasteiger partial charge in [-0.25, -0.2) is 0 Å². The van der Waals surface area contributed by atoms with Crippen molar-refractivity contribution in [2.75, 3.05) is 43.8 Å². The molecule has 1 rings (SSSR count). The van der Waals surface area contributed by atoms with Crippen LogP contribution in [0, 0.1) is 0 Å². The third kappa shape index (κ3) is 5.47. The van der Waals surface area contributed by atoms with Crippen molar-refractivity contribution in [1.29, 1.82) is 0 Å². The molecule has 118 valence electrons. The maximum absolute atomic E-state index is 12.2. The van der Waals surface area contributed by atoms with Crippen LogP contribution in [0.2, 0.25) is 0 Å². The Balaban J connectivity index is 2.67. The highest BCUT2D eigenvalue weighted by Crippen LogP contribution is 2.26. The molecule has 0 bridgehead atoms. The SMILES string of the molecule is CCC(CSC)N(C)CC(=O)Nc1cc(N)ccc1OC. The largest absolute Gasteiger partial charge is 0.495 e. The summed E-state index contributed by atoms with van der Waals surface area (Å²) < 4.78 is 5.23. The summed E-state index contributed by atoms with van der Waals surface area (Å²) in [5.41, 5.74) is 6.94. The normalized spacial score (nSPS) is 12.2. The second-order valence-corrected chi connectivity index (χ2v) is 5.85. The lowest BCUT2D eigenvalue weighted by molar-refractivity contribution is -0.117. The van der Waals surface area contributed by atoms with Crippen LogP contribution in [0.15, 0.2) is 18.2 Å². The Morgan fingerprint density at radius 2 is 2.24 bits per heavy atom. The lowest BCUT2D eigenvalue weighted by Crippen LogP contribution is -2.39. The molecule has 1 amide bonds. The van der Waals surface area contributed by atoms with Gasteiger partial charge in [-0.2, -0.15) is 11.8 Å². The molecule has 0 heterocycles. The fourth-order valence-corrected chi connectivity index (χ4v) is 2.99. The molecule has 0 fully saturated rings. The second kappa shape index (κ2) is 8.79. The molecule has 0 aliphatic heterocycles. The van der Waals surface area contributed by atoms with Crippen molar-refractivity contribution in [1.82, 2.24) is 4.90 Å². The topological polar surface area (TPSA) is 67.6 Å². The molecule has 0 radical (unpaired) electrons. The first kappa shape index (κ1) is 17.7. The number of rotatable bonds is 8. The van der Waals surface area contributed by atoms with Gasteiger partial charge >= 0.3 is 0 Å². The highest BCUT2D eigenvalue weighted by atomic mass is 32.2. The van der Waals surface area contributed by atoms with Crippen molar-refractivity contribution in [3.63, 3.8) is 0 Å². The smallest absolute Gasteiger partial charge is 0.238 e. The van der Waals surface area contributed by atoms with Crippen LogP contribution >= 0.6 is 11.8 Å². The molecule has 6 heteroatoms. The molecule has 0 spiro atoms. The Morgan fingerprint density at radius 3 is 2.81 bits per heavy atom. The number of hydrogen-bond donors (Lipinski definition) is 2. The van der Waals surface area contributed by atoms with E-state index in [1.807, 2.05) is 7.05 Å². The van der Waals surface area contributed by atoms with Crippen molar-refractivity contribution >= 4 is 29.0 Å². The Morgan fingerprint density at radius 1 is 1.52 bits per heavy atom. The Kier molecular flexibility index (Phi) is 7.39. The van der Waals surface area contributed by atoms with Gasteiger partial charge in [-0.05, 0) is 37.9 Å². The van der Waals surface area contributed by atoms with Crippen LogP contribution in [-0.2, 0) is 4.79 Å². The van der Waals surface area contributed by atoms with Crippen LogP contribution in [-0.4, -0.2) is 49.6 Å². The molecule has 1 aromatic rings. The van der Waals surface area contributed by atoms with Gasteiger partial charge in [0.15, 0.2) is 0 Å². The van der Waals surface area contributed by atoms with Crippen LogP contribution in [0.1, 0.15) is 13.3 Å².